The summed E-state index contributed by atoms with van der Waals surface area (Å²) >= 11 is 0. The number of pyridine rings is 1. The quantitative estimate of drug-likeness (QED) is 0.299. The lowest BCUT2D eigenvalue weighted by Crippen LogP contribution is -2.19. The van der Waals surface area contributed by atoms with Gasteiger partial charge in [0.25, 0.3) is 0 Å². The second kappa shape index (κ2) is 9.64. The van der Waals surface area contributed by atoms with Gasteiger partial charge in [0.15, 0.2) is 0 Å². The molecule has 2 aromatic carbocycles. The zero-order chi connectivity index (χ0) is 22.5. The molecule has 1 heterocycles. The lowest BCUT2D eigenvalue weighted by Gasteiger charge is -2.25. The van der Waals surface area contributed by atoms with E-state index in [0.29, 0.717) is 10.8 Å². The second-order valence-corrected chi connectivity index (χ2v) is 8.64. The van der Waals surface area contributed by atoms with Gasteiger partial charge in [-0.2, -0.15) is 8.78 Å². The third-order valence-corrected chi connectivity index (χ3v) is 6.53. The number of ether oxygens (including phenoxy) is 1. The fourth-order valence-corrected chi connectivity index (χ4v) is 4.40. The minimum Gasteiger partial charge on any atom is -0.457 e. The van der Waals surface area contributed by atoms with Crippen molar-refractivity contribution >= 4 is 24.3 Å². The predicted octanol–water partition coefficient (Wildman–Crippen LogP) is 5.91. The van der Waals surface area contributed by atoms with E-state index in [2.05, 4.69) is 4.98 Å². The molecule has 6 nitrogen and oxygen atoms in total. The first-order valence-corrected chi connectivity index (χ1v) is 11.2. The van der Waals surface area contributed by atoms with Gasteiger partial charge in [-0.3, -0.25) is 9.55 Å². The first-order valence-electron chi connectivity index (χ1n) is 9.69. The molecule has 164 valence electrons. The number of rotatable bonds is 9. The summed E-state index contributed by atoms with van der Waals surface area (Å²) in [5, 5.41) is 0.847. The summed E-state index contributed by atoms with van der Waals surface area (Å²) in [6.07, 6.45) is 1.22. The van der Waals surface area contributed by atoms with E-state index in [1.54, 1.807) is 6.07 Å². The summed E-state index contributed by atoms with van der Waals surface area (Å²) in [4.78, 5) is 16.2. The summed E-state index contributed by atoms with van der Waals surface area (Å²) in [5.41, 5.74) is -3.70. The van der Waals surface area contributed by atoms with Crippen LogP contribution in [0, 0.1) is 0 Å². The van der Waals surface area contributed by atoms with Crippen molar-refractivity contribution in [1.29, 1.82) is 0 Å². The topological polar surface area (TPSA) is 74.7 Å². The van der Waals surface area contributed by atoms with Gasteiger partial charge in [-0.05, 0) is 43.0 Å². The normalized spacial score (nSPS) is 12.1. The van der Waals surface area contributed by atoms with Crippen molar-refractivity contribution in [3.63, 3.8) is 0 Å². The van der Waals surface area contributed by atoms with E-state index in [-0.39, 0.29) is 25.4 Å². The Hall–Kier alpha value is -2.67. The largest absolute Gasteiger partial charge is 0.457 e. The maximum atomic E-state index is 15.0. The van der Waals surface area contributed by atoms with Gasteiger partial charge < -0.3 is 13.8 Å². The number of nitrogens with zero attached hydrogens (tertiary/aromatic N) is 1. The van der Waals surface area contributed by atoms with Gasteiger partial charge in [0.1, 0.15) is 12.3 Å². The zero-order valence-electron chi connectivity index (χ0n) is 17.1. The Labute approximate surface area is 178 Å². The van der Waals surface area contributed by atoms with Crippen LogP contribution in [0.25, 0.3) is 10.8 Å². The molecule has 3 aromatic rings. The molecule has 0 radical (unpaired) electrons. The molecule has 0 aliphatic rings. The summed E-state index contributed by atoms with van der Waals surface area (Å²) in [7, 11) is -4.79. The predicted molar refractivity (Wildman–Crippen MR) is 112 cm³/mol. The molecular weight excluding hydrogens is 427 g/mol. The SMILES string of the molecule is CCOP(=O)(OCC)C(F)(F)c1cc2cc(C(=O)OCc3ccccc3)ccc2cn1. The second-order valence-electron chi connectivity index (χ2n) is 6.57. The third kappa shape index (κ3) is 4.98. The maximum absolute atomic E-state index is 15.0. The molecule has 0 aliphatic heterocycles. The molecular formula is C22H22F2NO5P. The minimum atomic E-state index is -4.79. The number of carbonyl (C=O) groups is 1. The van der Waals surface area contributed by atoms with Crippen LogP contribution >= 0.6 is 7.60 Å². The van der Waals surface area contributed by atoms with Crippen LogP contribution in [-0.2, 0) is 30.6 Å². The first-order chi connectivity index (χ1) is 14.8. The number of hydrogen-bond acceptors (Lipinski definition) is 6. The van der Waals surface area contributed by atoms with E-state index in [1.807, 2.05) is 30.3 Å². The summed E-state index contributed by atoms with van der Waals surface area (Å²) in [5.74, 6) is -0.592. The van der Waals surface area contributed by atoms with Crippen molar-refractivity contribution < 1.29 is 31.9 Å². The van der Waals surface area contributed by atoms with Gasteiger partial charge in [-0.1, -0.05) is 36.4 Å². The van der Waals surface area contributed by atoms with Crippen molar-refractivity contribution in [2.75, 3.05) is 13.2 Å². The molecule has 0 bridgehead atoms. The lowest BCUT2D eigenvalue weighted by atomic mass is 10.1. The summed E-state index contributed by atoms with van der Waals surface area (Å²) in [6, 6.07) is 14.8. The Bertz CT molecular complexity index is 1100. The number of aromatic nitrogens is 1. The number of esters is 1. The Balaban J connectivity index is 1.89. The van der Waals surface area contributed by atoms with E-state index >= 15 is 8.78 Å². The molecule has 0 saturated carbocycles. The Kier molecular flexibility index (Phi) is 7.15. The fraction of sp³-hybridized carbons (Fsp3) is 0.273. The maximum Gasteiger partial charge on any atom is 0.406 e. The van der Waals surface area contributed by atoms with Crippen LogP contribution in [0.1, 0.15) is 35.5 Å². The van der Waals surface area contributed by atoms with E-state index < -0.39 is 24.9 Å². The standard InChI is InChI=1S/C22H22F2NO5P/c1-3-29-31(27,30-4-2)22(23,24)20-13-19-12-17(10-11-18(19)14-25-20)21(26)28-15-16-8-6-5-7-9-16/h5-14H,3-4,15H2,1-2H3. The van der Waals surface area contributed by atoms with Gasteiger partial charge in [0.2, 0.25) is 0 Å². The van der Waals surface area contributed by atoms with Gasteiger partial charge in [-0.25, -0.2) is 4.79 Å². The van der Waals surface area contributed by atoms with Crippen LogP contribution in [0.5, 0.6) is 0 Å². The highest BCUT2D eigenvalue weighted by atomic mass is 31.2. The van der Waals surface area contributed by atoms with E-state index in [0.717, 1.165) is 11.6 Å². The van der Waals surface area contributed by atoms with E-state index in [1.165, 1.54) is 32.2 Å². The lowest BCUT2D eigenvalue weighted by molar-refractivity contribution is 0.0325. The molecule has 3 rings (SSSR count). The monoisotopic (exact) mass is 449 g/mol. The summed E-state index contributed by atoms with van der Waals surface area (Å²) < 4.78 is 57.6. The van der Waals surface area contributed by atoms with Crippen molar-refractivity contribution in [3.8, 4) is 0 Å². The van der Waals surface area contributed by atoms with Crippen molar-refractivity contribution in [2.24, 2.45) is 0 Å². The third-order valence-electron chi connectivity index (χ3n) is 4.42. The highest BCUT2D eigenvalue weighted by Crippen LogP contribution is 2.66. The molecule has 31 heavy (non-hydrogen) atoms. The molecule has 0 amide bonds. The van der Waals surface area contributed by atoms with E-state index in [4.69, 9.17) is 13.8 Å². The van der Waals surface area contributed by atoms with Gasteiger partial charge in [-0.15, -0.1) is 0 Å². The molecule has 9 heteroatoms. The van der Waals surface area contributed by atoms with Crippen LogP contribution in [0.2, 0.25) is 0 Å². The van der Waals surface area contributed by atoms with Crippen LogP contribution in [0.15, 0.2) is 60.8 Å². The average molecular weight is 449 g/mol. The Morgan fingerprint density at radius 3 is 2.32 bits per heavy atom. The van der Waals surface area contributed by atoms with Crippen molar-refractivity contribution in [3.05, 3.63) is 77.6 Å². The van der Waals surface area contributed by atoms with Crippen LogP contribution < -0.4 is 0 Å². The molecule has 0 spiro atoms. The highest BCUT2D eigenvalue weighted by Gasteiger charge is 2.56. The Morgan fingerprint density at radius 1 is 1.00 bits per heavy atom. The van der Waals surface area contributed by atoms with Crippen LogP contribution in [0.4, 0.5) is 8.78 Å². The highest BCUT2D eigenvalue weighted by molar-refractivity contribution is 7.54. The molecule has 0 unspecified atom stereocenters. The molecule has 0 aliphatic carbocycles. The minimum absolute atomic E-state index is 0.0866. The average Bonchev–Trinajstić information content (AvgIpc) is 2.77. The molecule has 0 saturated heterocycles. The van der Waals surface area contributed by atoms with Gasteiger partial charge >= 0.3 is 19.2 Å². The fourth-order valence-electron chi connectivity index (χ4n) is 2.92. The molecule has 0 atom stereocenters. The zero-order valence-corrected chi connectivity index (χ0v) is 18.0. The number of alkyl halides is 2. The number of fused-ring (bicyclic) bond motifs is 1. The van der Waals surface area contributed by atoms with Crippen LogP contribution in [0.3, 0.4) is 0 Å². The van der Waals surface area contributed by atoms with Crippen LogP contribution in [-0.4, -0.2) is 24.2 Å². The number of benzene rings is 2. The van der Waals surface area contributed by atoms with Gasteiger partial charge in [0.05, 0.1) is 18.8 Å². The number of halogens is 2. The number of carbonyl (C=O) groups excluding carboxylic acids is 1. The smallest absolute Gasteiger partial charge is 0.406 e. The molecule has 0 fully saturated rings. The van der Waals surface area contributed by atoms with E-state index in [9.17, 15) is 9.36 Å². The number of hydrogen-bond donors (Lipinski definition) is 0. The van der Waals surface area contributed by atoms with Crippen molar-refractivity contribution in [1.82, 2.24) is 4.98 Å². The molecule has 0 N–H and O–H groups in total. The van der Waals surface area contributed by atoms with Crippen molar-refractivity contribution in [2.45, 2.75) is 26.1 Å². The summed E-state index contributed by atoms with van der Waals surface area (Å²) in [6.45, 7) is 2.56. The Morgan fingerprint density at radius 2 is 1.68 bits per heavy atom. The molecule has 1 aromatic heterocycles. The van der Waals surface area contributed by atoms with Gasteiger partial charge in [0, 0.05) is 11.6 Å². The first kappa shape index (κ1) is 23.0.